The van der Waals surface area contributed by atoms with E-state index >= 15 is 0 Å². The molecule has 0 spiro atoms. The van der Waals surface area contributed by atoms with E-state index < -0.39 is 50.3 Å². The Labute approximate surface area is 197 Å². The number of carbonyl (C=O) groups excluding carboxylic acids is 1. The van der Waals surface area contributed by atoms with Gasteiger partial charge in [-0.15, -0.1) is 0 Å². The zero-order chi connectivity index (χ0) is 25.1. The number of aromatic amines is 1. The van der Waals surface area contributed by atoms with Crippen LogP contribution in [-0.2, 0) is 23.3 Å². The van der Waals surface area contributed by atoms with Crippen LogP contribution in [0.5, 0.6) is 0 Å². The van der Waals surface area contributed by atoms with Crippen molar-refractivity contribution in [2.24, 2.45) is 0 Å². The van der Waals surface area contributed by atoms with E-state index in [0.29, 0.717) is 12.0 Å². The Hall–Kier alpha value is -2.80. The van der Waals surface area contributed by atoms with Crippen LogP contribution in [0.2, 0.25) is 0 Å². The second kappa shape index (κ2) is 13.8. The fourth-order valence-corrected chi connectivity index (χ4v) is 4.19. The van der Waals surface area contributed by atoms with Crippen molar-refractivity contribution in [3.05, 3.63) is 44.0 Å². The molecule has 1 amide bonds. The van der Waals surface area contributed by atoms with Crippen molar-refractivity contribution in [1.82, 2.24) is 14.9 Å². The second-order valence-corrected chi connectivity index (χ2v) is 8.52. The maximum atomic E-state index is 12.5. The van der Waals surface area contributed by atoms with Gasteiger partial charge in [0.05, 0.1) is 18.6 Å². The third-order valence-electron chi connectivity index (χ3n) is 4.79. The molecule has 34 heavy (non-hydrogen) atoms. The first-order chi connectivity index (χ1) is 16.3. The minimum atomic E-state index is -1.40. The molecule has 5 atom stereocenters. The molecule has 3 unspecified atom stereocenters. The third-order valence-corrected chi connectivity index (χ3v) is 5.88. The Kier molecular flexibility index (Phi) is 11.1. The zero-order valence-corrected chi connectivity index (χ0v) is 20.1. The van der Waals surface area contributed by atoms with E-state index in [1.54, 1.807) is 13.6 Å². The SMILES string of the molecule is [C-]#[N+]CCOP(C)OC1C(OCNC(=O)OCCC#N)[C@H](n2cc(C)c(=O)[nH]c2=O)O[C@@H]1CC. The lowest BCUT2D eigenvalue weighted by Gasteiger charge is -2.27. The Morgan fingerprint density at radius 1 is 1.41 bits per heavy atom. The lowest BCUT2D eigenvalue weighted by atomic mass is 10.1. The third kappa shape index (κ3) is 7.62. The molecule has 1 aromatic rings. The largest absolute Gasteiger partial charge is 0.448 e. The Balaban J connectivity index is 2.22. The van der Waals surface area contributed by atoms with Crippen molar-refractivity contribution in [2.75, 3.05) is 33.2 Å². The van der Waals surface area contributed by atoms with E-state index in [4.69, 9.17) is 35.1 Å². The van der Waals surface area contributed by atoms with E-state index in [1.165, 1.54) is 10.8 Å². The summed E-state index contributed by atoms with van der Waals surface area (Å²) in [6, 6.07) is 1.86. The topological polar surface area (TPSA) is 158 Å². The average molecular weight is 497 g/mol. The molecule has 1 aliphatic heterocycles. The van der Waals surface area contributed by atoms with Crippen LogP contribution < -0.4 is 16.6 Å². The van der Waals surface area contributed by atoms with E-state index in [-0.39, 0.29) is 32.9 Å². The van der Waals surface area contributed by atoms with E-state index in [1.807, 2.05) is 13.0 Å². The molecule has 186 valence electrons. The highest BCUT2D eigenvalue weighted by molar-refractivity contribution is 7.46. The molecule has 0 bridgehead atoms. The van der Waals surface area contributed by atoms with Crippen LogP contribution in [0.25, 0.3) is 4.85 Å². The number of H-pyrrole nitrogens is 1. The fraction of sp³-hybridized carbons (Fsp3) is 0.650. The van der Waals surface area contributed by atoms with Crippen LogP contribution in [0.3, 0.4) is 0 Å². The number of hydrogen-bond acceptors (Lipinski definition) is 9. The monoisotopic (exact) mass is 497 g/mol. The van der Waals surface area contributed by atoms with E-state index in [0.717, 1.165) is 0 Å². The number of alkyl carbamates (subject to hydrolysis) is 1. The Morgan fingerprint density at radius 3 is 2.85 bits per heavy atom. The maximum absolute atomic E-state index is 12.5. The number of ether oxygens (including phenoxy) is 3. The van der Waals surface area contributed by atoms with Crippen molar-refractivity contribution in [1.29, 1.82) is 5.26 Å². The van der Waals surface area contributed by atoms with Crippen molar-refractivity contribution in [2.45, 2.75) is 51.2 Å². The van der Waals surface area contributed by atoms with Gasteiger partial charge in [0.1, 0.15) is 32.2 Å². The highest BCUT2D eigenvalue weighted by Crippen LogP contribution is 2.43. The van der Waals surface area contributed by atoms with Gasteiger partial charge in [-0.05, 0) is 13.3 Å². The molecule has 2 N–H and O–H groups in total. The molecule has 0 saturated carbocycles. The van der Waals surface area contributed by atoms with Crippen LogP contribution in [0, 0.1) is 24.8 Å². The van der Waals surface area contributed by atoms with Gasteiger partial charge in [-0.1, -0.05) is 6.92 Å². The van der Waals surface area contributed by atoms with Gasteiger partial charge >= 0.3 is 11.8 Å². The minimum Gasteiger partial charge on any atom is -0.448 e. The van der Waals surface area contributed by atoms with Gasteiger partial charge in [0.15, 0.2) is 14.6 Å². The van der Waals surface area contributed by atoms with Crippen LogP contribution >= 0.6 is 8.38 Å². The fourth-order valence-electron chi connectivity index (χ4n) is 3.19. The summed E-state index contributed by atoms with van der Waals surface area (Å²) in [5.41, 5.74) is -0.886. The first kappa shape index (κ1) is 27.4. The summed E-state index contributed by atoms with van der Waals surface area (Å²) < 4.78 is 29.7. The highest BCUT2D eigenvalue weighted by atomic mass is 31.2. The number of nitrogens with zero attached hydrogens (tertiary/aromatic N) is 3. The molecule has 1 fully saturated rings. The van der Waals surface area contributed by atoms with Crippen molar-refractivity contribution in [3.8, 4) is 6.07 Å². The summed E-state index contributed by atoms with van der Waals surface area (Å²) in [5.74, 6) is 0. The van der Waals surface area contributed by atoms with Gasteiger partial charge in [0.2, 0.25) is 6.54 Å². The molecular weight excluding hydrogens is 469 g/mol. The summed E-state index contributed by atoms with van der Waals surface area (Å²) in [5, 5.41) is 10.9. The first-order valence-electron chi connectivity index (χ1n) is 10.6. The molecule has 13 nitrogen and oxygen atoms in total. The van der Waals surface area contributed by atoms with Crippen LogP contribution in [0.4, 0.5) is 4.79 Å². The van der Waals surface area contributed by atoms with Gasteiger partial charge in [0.25, 0.3) is 5.56 Å². The summed E-state index contributed by atoms with van der Waals surface area (Å²) in [6.45, 7) is 12.1. The first-order valence-corrected chi connectivity index (χ1v) is 12.2. The highest BCUT2D eigenvalue weighted by Gasteiger charge is 2.48. The molecule has 2 heterocycles. The molecule has 2 rings (SSSR count). The van der Waals surface area contributed by atoms with Gasteiger partial charge < -0.3 is 28.1 Å². The maximum Gasteiger partial charge on any atom is 0.408 e. The van der Waals surface area contributed by atoms with Crippen molar-refractivity contribution in [3.63, 3.8) is 0 Å². The summed E-state index contributed by atoms with van der Waals surface area (Å²) in [7, 11) is -1.40. The Morgan fingerprint density at radius 2 is 2.18 bits per heavy atom. The van der Waals surface area contributed by atoms with Gasteiger partial charge in [-0.3, -0.25) is 19.7 Å². The standard InChI is InChI=1S/C20H28N5O8P/c1-5-14-15(33-34(4)31-10-8-22-3)16(30-12-23-20(28)29-9-6-7-21)18(32-14)25-11-13(2)17(26)24-19(25)27/h11,14-16,18H,5-6,8-10,12H2,1-2,4H3,(H,23,28)(H,24,26,27)/t14-,15?,16?,18-,34?/m1/s1. The number of hydrogen-bond donors (Lipinski definition) is 2. The Bertz CT molecular complexity index is 1020. The number of carbonyl (C=O) groups is 1. The lowest BCUT2D eigenvalue weighted by Crippen LogP contribution is -2.42. The minimum absolute atomic E-state index is 0.0585. The predicted molar refractivity (Wildman–Crippen MR) is 120 cm³/mol. The number of nitriles is 1. The zero-order valence-electron chi connectivity index (χ0n) is 19.2. The molecule has 0 radical (unpaired) electrons. The van der Waals surface area contributed by atoms with Gasteiger partial charge in [-0.25, -0.2) is 16.2 Å². The van der Waals surface area contributed by atoms with Crippen molar-refractivity contribution >= 4 is 14.5 Å². The number of amides is 1. The summed E-state index contributed by atoms with van der Waals surface area (Å²) in [6.07, 6.45) is -1.78. The summed E-state index contributed by atoms with van der Waals surface area (Å²) in [4.78, 5) is 41.6. The number of nitrogens with one attached hydrogen (secondary N) is 2. The second-order valence-electron chi connectivity index (χ2n) is 7.17. The molecule has 1 aromatic heterocycles. The van der Waals surface area contributed by atoms with Crippen LogP contribution in [-0.4, -0.2) is 67.1 Å². The predicted octanol–water partition coefficient (Wildman–Crippen LogP) is 1.40. The molecule has 1 aliphatic rings. The van der Waals surface area contributed by atoms with E-state index in [9.17, 15) is 14.4 Å². The number of aromatic nitrogens is 2. The normalized spacial score (nSPS) is 22.5. The van der Waals surface area contributed by atoms with E-state index in [2.05, 4.69) is 15.1 Å². The molecule has 1 saturated heterocycles. The molecule has 14 heteroatoms. The molecule has 0 aliphatic carbocycles. The quantitative estimate of drug-likeness (QED) is 0.188. The van der Waals surface area contributed by atoms with Crippen LogP contribution in [0.1, 0.15) is 31.6 Å². The molecule has 0 aromatic carbocycles. The molecular formula is C20H28N5O8P. The number of aryl methyl sites for hydroxylation is 1. The average Bonchev–Trinajstić information content (AvgIpc) is 3.13. The van der Waals surface area contributed by atoms with Crippen LogP contribution in [0.15, 0.2) is 15.8 Å². The van der Waals surface area contributed by atoms with Gasteiger partial charge in [0, 0.05) is 18.4 Å². The van der Waals surface area contributed by atoms with Gasteiger partial charge in [-0.2, -0.15) is 5.26 Å². The van der Waals surface area contributed by atoms with Crippen molar-refractivity contribution < 1.29 is 28.1 Å². The lowest BCUT2D eigenvalue weighted by molar-refractivity contribution is -0.0729. The number of rotatable bonds is 12. The summed E-state index contributed by atoms with van der Waals surface area (Å²) >= 11 is 0. The smallest absolute Gasteiger partial charge is 0.408 e.